The van der Waals surface area contributed by atoms with Gasteiger partial charge in [0.25, 0.3) is 0 Å². The van der Waals surface area contributed by atoms with Crippen molar-refractivity contribution in [2.45, 2.75) is 24.7 Å². The molecule has 6 aromatic heterocycles. The number of benzene rings is 11. The molecule has 17 rings (SSSR count). The number of hydrogen-bond donors (Lipinski definition) is 0. The molecule has 90 heavy (non-hydrogen) atoms. The molecule has 0 aliphatic rings. The lowest BCUT2D eigenvalue weighted by molar-refractivity contribution is -0.138. The average molecular weight is 1250 g/mol. The number of nitrogens with zero attached hydrogens (tertiary/aromatic N) is 5. The number of aromatic nitrogens is 4. The van der Waals surface area contributed by atoms with E-state index in [1.807, 2.05) is 106 Å². The van der Waals surface area contributed by atoms with Crippen LogP contribution in [0.1, 0.15) is 27.8 Å². The largest absolute Gasteiger partial charge is 0.416 e. The Morgan fingerprint density at radius 1 is 0.267 bits per heavy atom. The highest BCUT2D eigenvalue weighted by Crippen LogP contribution is 2.51. The zero-order valence-corrected chi connectivity index (χ0v) is 47.3. The smallest absolute Gasteiger partial charge is 0.307 e. The van der Waals surface area contributed by atoms with Crippen molar-refractivity contribution in [1.82, 2.24) is 18.3 Å². The normalized spacial score (nSPS) is 13.1. The van der Waals surface area contributed by atoms with Gasteiger partial charge >= 0.3 is 24.7 Å². The minimum absolute atomic E-state index is 0.0730. The standard InChI is InChI=1S/C71H33F12N5S2/c72-68(73,74)35-17-21-54-43(25-35)44-26-36(69(75,76)77)18-22-55(44)87(54)66-51(34-84)67(88-56-23-19-37(70(78,79)80)27-45(56)46-28-38(71(81,82)83)20-24-57(46)88)61(86-53-14-6-2-10-40(53)48-32-65-50(30-59(48)86)42-12-4-8-16-63(42)90-65)33-60(66)85-52-13-5-1-9-39(52)47-31-64-49(29-58(47)85)41-11-3-7-15-62(41)89-64/h1-33H. The van der Waals surface area contributed by atoms with Gasteiger partial charge < -0.3 is 18.3 Å². The predicted molar refractivity (Wildman–Crippen MR) is 334 cm³/mol. The van der Waals surface area contributed by atoms with Gasteiger partial charge in [-0.05, 0) is 127 Å². The van der Waals surface area contributed by atoms with Gasteiger partial charge in [0.15, 0.2) is 0 Å². The van der Waals surface area contributed by atoms with Crippen LogP contribution >= 0.6 is 22.7 Å². The molecule has 5 nitrogen and oxygen atoms in total. The topological polar surface area (TPSA) is 43.5 Å². The van der Waals surface area contributed by atoms with Gasteiger partial charge in [-0.1, -0.05) is 72.8 Å². The molecule has 0 spiro atoms. The number of alkyl halides is 12. The van der Waals surface area contributed by atoms with E-state index in [-0.39, 0.29) is 71.9 Å². The van der Waals surface area contributed by atoms with Crippen molar-refractivity contribution < 1.29 is 52.7 Å². The maximum absolute atomic E-state index is 15.0. The van der Waals surface area contributed by atoms with Crippen molar-refractivity contribution in [3.63, 3.8) is 0 Å². The lowest BCUT2D eigenvalue weighted by atomic mass is 10.0. The predicted octanol–water partition coefficient (Wildman–Crippen LogP) is 22.8. The Bertz CT molecular complexity index is 5570. The van der Waals surface area contributed by atoms with Crippen LogP contribution in [0.15, 0.2) is 200 Å². The SMILES string of the molecule is N#Cc1c(-n2c3ccc(C(F)(F)F)cc3c3cc(C(F)(F)F)ccc32)c(-n2c3ccccc3c3cc4sc5ccccc5c4cc32)cc(-n2c3ccccc3c3cc4sc5ccccc5c4cc32)c1-n1c2ccc(C(F)(F)F)cc2c2cc(C(F)(F)F)ccc21. The maximum atomic E-state index is 15.0. The molecule has 0 atom stereocenters. The first-order chi connectivity index (χ1) is 43.1. The van der Waals surface area contributed by atoms with Crippen molar-refractivity contribution in [1.29, 1.82) is 5.26 Å². The fraction of sp³-hybridized carbons (Fsp3) is 0.0563. The molecule has 0 amide bonds. The molecule has 0 bridgehead atoms. The molecule has 0 unspecified atom stereocenters. The van der Waals surface area contributed by atoms with Crippen LogP contribution < -0.4 is 0 Å². The number of para-hydroxylation sites is 2. The van der Waals surface area contributed by atoms with E-state index >= 15 is 0 Å². The highest BCUT2D eigenvalue weighted by molar-refractivity contribution is 7.26. The zero-order valence-electron chi connectivity index (χ0n) is 45.6. The lowest BCUT2D eigenvalue weighted by Crippen LogP contribution is -2.14. The molecule has 0 aliphatic carbocycles. The molecule has 438 valence electrons. The van der Waals surface area contributed by atoms with Crippen molar-refractivity contribution >= 4 is 150 Å². The molecule has 0 saturated heterocycles. The third-order valence-corrected chi connectivity index (χ3v) is 19.7. The summed E-state index contributed by atoms with van der Waals surface area (Å²) in [5, 5.41) is 18.0. The van der Waals surface area contributed by atoms with Crippen molar-refractivity contribution in [3.05, 3.63) is 228 Å². The number of rotatable bonds is 4. The van der Waals surface area contributed by atoms with E-state index in [0.717, 1.165) is 135 Å². The van der Waals surface area contributed by atoms with Gasteiger partial charge in [-0.2, -0.15) is 57.9 Å². The Morgan fingerprint density at radius 3 is 0.900 bits per heavy atom. The Morgan fingerprint density at radius 2 is 0.567 bits per heavy atom. The van der Waals surface area contributed by atoms with E-state index < -0.39 is 47.0 Å². The van der Waals surface area contributed by atoms with Crippen LogP contribution in [-0.4, -0.2) is 18.3 Å². The van der Waals surface area contributed by atoms with E-state index in [1.165, 1.54) is 9.13 Å². The third-order valence-electron chi connectivity index (χ3n) is 17.5. The van der Waals surface area contributed by atoms with Crippen molar-refractivity contribution in [2.75, 3.05) is 0 Å². The van der Waals surface area contributed by atoms with Crippen LogP contribution in [0.3, 0.4) is 0 Å². The summed E-state index contributed by atoms with van der Waals surface area (Å²) < 4.78 is 190. The van der Waals surface area contributed by atoms with Gasteiger partial charge in [0.2, 0.25) is 0 Å². The number of halogens is 12. The van der Waals surface area contributed by atoms with Gasteiger partial charge in [0, 0.05) is 83.4 Å². The van der Waals surface area contributed by atoms with Crippen LogP contribution in [0.2, 0.25) is 0 Å². The van der Waals surface area contributed by atoms with Crippen LogP contribution in [-0.2, 0) is 24.7 Å². The summed E-state index contributed by atoms with van der Waals surface area (Å²) in [7, 11) is 0. The van der Waals surface area contributed by atoms with Crippen LogP contribution in [0.4, 0.5) is 52.7 Å². The van der Waals surface area contributed by atoms with Crippen LogP contribution in [0, 0.1) is 11.3 Å². The Labute approximate surface area is 505 Å². The summed E-state index contributed by atoms with van der Waals surface area (Å²) in [6.45, 7) is 0. The molecule has 11 aromatic carbocycles. The molecule has 6 heterocycles. The number of nitriles is 1. The van der Waals surface area contributed by atoms with E-state index in [0.29, 0.717) is 22.1 Å². The van der Waals surface area contributed by atoms with E-state index in [9.17, 15) is 57.9 Å². The summed E-state index contributed by atoms with van der Waals surface area (Å²) in [6.07, 6.45) is -19.9. The highest BCUT2D eigenvalue weighted by Gasteiger charge is 2.38. The third kappa shape index (κ3) is 7.70. The van der Waals surface area contributed by atoms with Gasteiger partial charge in [-0.25, -0.2) is 0 Å². The molecule has 0 aliphatic heterocycles. The molecule has 0 radical (unpaired) electrons. The molecule has 0 fully saturated rings. The van der Waals surface area contributed by atoms with Crippen molar-refractivity contribution in [2.24, 2.45) is 0 Å². The maximum Gasteiger partial charge on any atom is 0.416 e. The number of hydrogen-bond acceptors (Lipinski definition) is 3. The van der Waals surface area contributed by atoms with E-state index in [2.05, 4.69) is 18.2 Å². The first-order valence-corrected chi connectivity index (χ1v) is 29.5. The highest BCUT2D eigenvalue weighted by atomic mass is 32.1. The summed E-state index contributed by atoms with van der Waals surface area (Å²) in [4.78, 5) is 0. The fourth-order valence-corrected chi connectivity index (χ4v) is 15.9. The lowest BCUT2D eigenvalue weighted by Gasteiger charge is -2.25. The van der Waals surface area contributed by atoms with Crippen LogP contribution in [0.5, 0.6) is 0 Å². The summed E-state index contributed by atoms with van der Waals surface area (Å²) in [5.41, 5.74) is -2.95. The summed E-state index contributed by atoms with van der Waals surface area (Å²) in [6, 6.07) is 53.5. The first-order valence-electron chi connectivity index (χ1n) is 27.9. The molecular formula is C71H33F12N5S2. The Balaban J connectivity index is 1.15. The second kappa shape index (κ2) is 18.4. The van der Waals surface area contributed by atoms with Gasteiger partial charge in [-0.3, -0.25) is 0 Å². The second-order valence-electron chi connectivity index (χ2n) is 22.3. The number of fused-ring (bicyclic) bond motifs is 18. The van der Waals surface area contributed by atoms with Crippen LogP contribution in [0.25, 0.3) is 150 Å². The first kappa shape index (κ1) is 53.9. The molecule has 0 N–H and O–H groups in total. The molecule has 19 heteroatoms. The quantitative estimate of drug-likeness (QED) is 0.162. The molecular weight excluding hydrogens is 1210 g/mol. The zero-order chi connectivity index (χ0) is 61.8. The number of thiophene rings is 2. The minimum atomic E-state index is -4.99. The molecule has 0 saturated carbocycles. The van der Waals surface area contributed by atoms with Gasteiger partial charge in [0.1, 0.15) is 11.6 Å². The monoisotopic (exact) mass is 1250 g/mol. The fourth-order valence-electron chi connectivity index (χ4n) is 13.7. The average Bonchev–Trinajstić information content (AvgIpc) is 1.50. The van der Waals surface area contributed by atoms with E-state index in [1.54, 1.807) is 40.9 Å². The Hall–Kier alpha value is -10.3. The van der Waals surface area contributed by atoms with Gasteiger partial charge in [-0.15, -0.1) is 22.7 Å². The van der Waals surface area contributed by atoms with Gasteiger partial charge in [0.05, 0.1) is 89.1 Å². The Kier molecular flexibility index (Phi) is 11.0. The summed E-state index contributed by atoms with van der Waals surface area (Å²) >= 11 is 3.14. The van der Waals surface area contributed by atoms with E-state index in [4.69, 9.17) is 0 Å². The summed E-state index contributed by atoms with van der Waals surface area (Å²) in [5.74, 6) is 0. The second-order valence-corrected chi connectivity index (χ2v) is 24.5. The molecule has 17 aromatic rings. The van der Waals surface area contributed by atoms with Crippen molar-refractivity contribution in [3.8, 4) is 28.8 Å². The minimum Gasteiger partial charge on any atom is -0.307 e.